The first kappa shape index (κ1) is 42.2. The van der Waals surface area contributed by atoms with Gasteiger partial charge in [0, 0.05) is 52.3 Å². The van der Waals surface area contributed by atoms with E-state index in [9.17, 15) is 19.2 Å². The molecule has 0 bridgehead atoms. The first-order valence-electron chi connectivity index (χ1n) is 15.7. The van der Waals surface area contributed by atoms with Gasteiger partial charge in [-0.25, -0.2) is 0 Å². The highest BCUT2D eigenvalue weighted by Crippen LogP contribution is 2.23. The van der Waals surface area contributed by atoms with Crippen LogP contribution in [0.3, 0.4) is 0 Å². The molecule has 0 radical (unpaired) electrons. The van der Waals surface area contributed by atoms with Gasteiger partial charge in [-0.2, -0.15) is 0 Å². The van der Waals surface area contributed by atoms with Crippen molar-refractivity contribution in [1.29, 1.82) is 0 Å². The zero-order valence-corrected chi connectivity index (χ0v) is 28.5. The van der Waals surface area contributed by atoms with E-state index in [4.69, 9.17) is 0 Å². The van der Waals surface area contributed by atoms with E-state index in [1.54, 1.807) is 21.0 Å². The minimum atomic E-state index is -0.333. The zero-order valence-electron chi connectivity index (χ0n) is 26.8. The fraction of sp³-hybridized carbons (Fsp3) is 0.750. The van der Waals surface area contributed by atoms with Crippen LogP contribution in [0.4, 0.5) is 0 Å². The third kappa shape index (κ3) is 38.1. The molecule has 0 aliphatic carbocycles. The van der Waals surface area contributed by atoms with Crippen LogP contribution in [-0.4, -0.2) is 55.3 Å². The van der Waals surface area contributed by atoms with Crippen LogP contribution in [0.1, 0.15) is 123 Å². The molecule has 0 saturated heterocycles. The Labute approximate surface area is 264 Å². The van der Waals surface area contributed by atoms with E-state index >= 15 is 0 Å². The van der Waals surface area contributed by atoms with Crippen molar-refractivity contribution in [2.24, 2.45) is 5.73 Å². The molecule has 0 aliphatic heterocycles. The highest BCUT2D eigenvalue weighted by atomic mass is 33.1. The summed E-state index contributed by atoms with van der Waals surface area (Å²) in [6.07, 6.45) is 27.6. The third-order valence-electron chi connectivity index (χ3n) is 6.23. The number of carbonyl (C=O) groups is 4. The molecule has 0 aromatic rings. The van der Waals surface area contributed by atoms with Gasteiger partial charge >= 0.3 is 0 Å². The molecule has 0 aromatic heterocycles. The number of allylic oxidation sites excluding steroid dienone is 3. The van der Waals surface area contributed by atoms with Crippen LogP contribution >= 0.6 is 21.6 Å². The van der Waals surface area contributed by atoms with Crippen LogP contribution in [0.5, 0.6) is 0 Å². The van der Waals surface area contributed by atoms with Crippen LogP contribution < -0.4 is 21.7 Å². The molecule has 10 heteroatoms. The lowest BCUT2D eigenvalue weighted by Gasteiger charge is -2.13. The van der Waals surface area contributed by atoms with E-state index in [2.05, 4.69) is 46.0 Å². The lowest BCUT2D eigenvalue weighted by Crippen LogP contribution is -2.33. The molecular formula is C32H60N4O4S2. The van der Waals surface area contributed by atoms with Crippen molar-refractivity contribution in [3.63, 3.8) is 0 Å². The van der Waals surface area contributed by atoms with E-state index in [0.717, 1.165) is 56.5 Å². The Kier molecular flexibility index (Phi) is 33.7. The van der Waals surface area contributed by atoms with Crippen molar-refractivity contribution in [3.8, 4) is 0 Å². The largest absolute Gasteiger partial charge is 0.370 e. The molecule has 1 unspecified atom stereocenters. The summed E-state index contributed by atoms with van der Waals surface area (Å²) in [5.74, 6) is 1.95. The van der Waals surface area contributed by atoms with Gasteiger partial charge in [0.15, 0.2) is 0 Å². The quantitative estimate of drug-likeness (QED) is 0.0485. The Bertz CT molecular complexity index is 744. The number of hydrogen-bond acceptors (Lipinski definition) is 6. The molecule has 5 N–H and O–H groups in total. The van der Waals surface area contributed by atoms with Gasteiger partial charge in [0.2, 0.25) is 23.6 Å². The van der Waals surface area contributed by atoms with E-state index in [-0.39, 0.29) is 29.7 Å². The molecular weight excluding hydrogens is 569 g/mol. The molecule has 0 rings (SSSR count). The summed E-state index contributed by atoms with van der Waals surface area (Å²) in [7, 11) is 7.10. The van der Waals surface area contributed by atoms with Gasteiger partial charge in [-0.15, -0.1) is 0 Å². The number of amides is 4. The molecule has 0 aromatic carbocycles. The van der Waals surface area contributed by atoms with Crippen molar-refractivity contribution in [2.45, 2.75) is 129 Å². The Balaban J connectivity index is 0. The molecule has 0 fully saturated rings. The Morgan fingerprint density at radius 2 is 1.07 bits per heavy atom. The van der Waals surface area contributed by atoms with Crippen LogP contribution in [0.15, 0.2) is 24.3 Å². The maximum absolute atomic E-state index is 11.5. The number of nitrogens with two attached hydrogens (primary N) is 1. The van der Waals surface area contributed by atoms with Gasteiger partial charge in [-0.1, -0.05) is 97.3 Å². The summed E-state index contributed by atoms with van der Waals surface area (Å²) in [6, 6.07) is 0.0917. The second-order valence-electron chi connectivity index (χ2n) is 10.4. The molecule has 8 nitrogen and oxygen atoms in total. The van der Waals surface area contributed by atoms with Gasteiger partial charge in [0.1, 0.15) is 0 Å². The maximum atomic E-state index is 11.5. The van der Waals surface area contributed by atoms with Crippen LogP contribution in [0.25, 0.3) is 0 Å². The smallest absolute Gasteiger partial charge is 0.219 e. The Morgan fingerprint density at radius 1 is 0.643 bits per heavy atom. The molecule has 0 spiro atoms. The predicted molar refractivity (Wildman–Crippen MR) is 182 cm³/mol. The molecule has 42 heavy (non-hydrogen) atoms. The summed E-state index contributed by atoms with van der Waals surface area (Å²) < 4.78 is 0. The SMILES string of the molecule is CC(N)=O.CNC(=O)CCCCCCCC/C=C/CCSSCC(/C=C/CCCCCCCCC(=O)NC)NC(C)=O. The number of carbonyl (C=O) groups excluding carboxylic acids is 4. The molecule has 0 saturated carbocycles. The van der Waals surface area contributed by atoms with Crippen LogP contribution in [0, 0.1) is 0 Å². The first-order valence-corrected chi connectivity index (χ1v) is 18.2. The van der Waals surface area contributed by atoms with Crippen molar-refractivity contribution in [2.75, 3.05) is 25.6 Å². The standard InChI is InChI=1S/C30H55N3O3S2.C2H5NO/c1-27(34)33-28(22-18-14-10-7-8-12-16-20-24-30(36)32-3)26-38-37-25-21-17-13-9-5-4-6-11-15-19-23-29(35)31-2;1-2(3)4/h13,17-18,22,28H,4-12,14-16,19-21,23-26H2,1-3H3,(H,31,35)(H,32,36)(H,33,34);1H3,(H2,3,4)/b17-13+,22-18+;. The number of hydrogen-bond donors (Lipinski definition) is 4. The average molecular weight is 629 g/mol. The molecule has 0 aliphatic rings. The van der Waals surface area contributed by atoms with E-state index in [1.165, 1.54) is 58.3 Å². The fourth-order valence-corrected chi connectivity index (χ4v) is 6.12. The normalized spacial score (nSPS) is 11.6. The molecule has 1 atom stereocenters. The molecule has 244 valence electrons. The van der Waals surface area contributed by atoms with E-state index < -0.39 is 0 Å². The van der Waals surface area contributed by atoms with Crippen molar-refractivity contribution < 1.29 is 19.2 Å². The minimum absolute atomic E-state index is 0.0221. The maximum Gasteiger partial charge on any atom is 0.219 e. The van der Waals surface area contributed by atoms with Gasteiger partial charge in [0.25, 0.3) is 0 Å². The lowest BCUT2D eigenvalue weighted by atomic mass is 10.1. The minimum Gasteiger partial charge on any atom is -0.370 e. The topological polar surface area (TPSA) is 130 Å². The molecule has 0 heterocycles. The monoisotopic (exact) mass is 628 g/mol. The van der Waals surface area contributed by atoms with E-state index in [0.29, 0.717) is 12.8 Å². The predicted octanol–water partition coefficient (Wildman–Crippen LogP) is 6.60. The summed E-state index contributed by atoms with van der Waals surface area (Å²) in [6.45, 7) is 2.89. The second-order valence-corrected chi connectivity index (χ2v) is 13.0. The van der Waals surface area contributed by atoms with Crippen LogP contribution in [-0.2, 0) is 19.2 Å². The summed E-state index contributed by atoms with van der Waals surface area (Å²) in [4.78, 5) is 43.1. The fourth-order valence-electron chi connectivity index (χ4n) is 3.96. The third-order valence-corrected chi connectivity index (χ3v) is 8.70. The van der Waals surface area contributed by atoms with Gasteiger partial charge in [-0.05, 0) is 44.9 Å². The summed E-state index contributed by atoms with van der Waals surface area (Å²) in [5, 5.41) is 8.38. The Morgan fingerprint density at radius 3 is 1.55 bits per heavy atom. The highest BCUT2D eigenvalue weighted by molar-refractivity contribution is 8.76. The number of rotatable bonds is 26. The van der Waals surface area contributed by atoms with Crippen molar-refractivity contribution in [3.05, 3.63) is 24.3 Å². The average Bonchev–Trinajstić information content (AvgIpc) is 2.94. The van der Waals surface area contributed by atoms with Gasteiger partial charge in [-0.3, -0.25) is 19.2 Å². The van der Waals surface area contributed by atoms with Gasteiger partial charge in [0.05, 0.1) is 6.04 Å². The number of unbranched alkanes of at least 4 members (excludes halogenated alkanes) is 12. The molecule has 4 amide bonds. The number of primary amides is 1. The summed E-state index contributed by atoms with van der Waals surface area (Å²) in [5.41, 5.74) is 4.47. The van der Waals surface area contributed by atoms with Gasteiger partial charge < -0.3 is 21.7 Å². The lowest BCUT2D eigenvalue weighted by molar-refractivity contribution is -0.121. The summed E-state index contributed by atoms with van der Waals surface area (Å²) >= 11 is 0. The second kappa shape index (κ2) is 33.6. The van der Waals surface area contributed by atoms with E-state index in [1.807, 2.05) is 21.6 Å². The highest BCUT2D eigenvalue weighted by Gasteiger charge is 2.06. The number of nitrogens with one attached hydrogen (secondary N) is 3. The van der Waals surface area contributed by atoms with Crippen LogP contribution in [0.2, 0.25) is 0 Å². The van der Waals surface area contributed by atoms with Crippen molar-refractivity contribution >= 4 is 45.2 Å². The van der Waals surface area contributed by atoms with Crippen molar-refractivity contribution in [1.82, 2.24) is 16.0 Å². The first-order chi connectivity index (χ1) is 20.2. The zero-order chi connectivity index (χ0) is 31.7. The Hall–Kier alpha value is -1.94.